The molecule has 1 amide bonds. The second kappa shape index (κ2) is 7.37. The van der Waals surface area contributed by atoms with E-state index in [9.17, 15) is 4.79 Å². The highest BCUT2D eigenvalue weighted by molar-refractivity contribution is 9.10. The molecule has 4 rings (SSSR count). The molecule has 3 heteroatoms. The zero-order valence-electron chi connectivity index (χ0n) is 14.9. The van der Waals surface area contributed by atoms with Crippen molar-refractivity contribution in [1.29, 1.82) is 0 Å². The van der Waals surface area contributed by atoms with E-state index in [1.165, 1.54) is 0 Å². The molecule has 0 bridgehead atoms. The third kappa shape index (κ3) is 3.51. The Labute approximate surface area is 167 Å². The lowest BCUT2D eigenvalue weighted by atomic mass is 10.1. The number of carbonyl (C=O) groups is 1. The maximum absolute atomic E-state index is 13.3. The van der Waals surface area contributed by atoms with Gasteiger partial charge in [0.2, 0.25) is 0 Å². The summed E-state index contributed by atoms with van der Waals surface area (Å²) < 4.78 is 0.902. The highest BCUT2D eigenvalue weighted by Crippen LogP contribution is 2.39. The summed E-state index contributed by atoms with van der Waals surface area (Å²) in [5.41, 5.74) is 5.56. The molecule has 0 atom stereocenters. The highest BCUT2D eigenvalue weighted by atomic mass is 79.9. The fraction of sp³-hybridized carbons (Fsp3) is 0.0417. The largest absolute Gasteiger partial charge is 0.275 e. The first-order chi connectivity index (χ1) is 13.1. The number of hydrogen-bond donors (Lipinski definition) is 0. The van der Waals surface area contributed by atoms with Gasteiger partial charge in [-0.3, -0.25) is 9.69 Å². The predicted molar refractivity (Wildman–Crippen MR) is 115 cm³/mol. The Morgan fingerprint density at radius 2 is 1.56 bits per heavy atom. The van der Waals surface area contributed by atoms with Gasteiger partial charge in [0.15, 0.2) is 0 Å². The maximum Gasteiger partial charge on any atom is 0.262 e. The molecule has 3 aromatic carbocycles. The van der Waals surface area contributed by atoms with Crippen LogP contribution in [0.4, 0.5) is 5.69 Å². The molecule has 132 valence electrons. The van der Waals surface area contributed by atoms with Gasteiger partial charge in [-0.2, -0.15) is 0 Å². The molecule has 2 nitrogen and oxygen atoms in total. The fourth-order valence-corrected chi connectivity index (χ4v) is 3.87. The summed E-state index contributed by atoms with van der Waals surface area (Å²) >= 11 is 3.63. The molecule has 0 spiro atoms. The zero-order chi connectivity index (χ0) is 18.8. The van der Waals surface area contributed by atoms with Crippen LogP contribution in [-0.2, 0) is 4.79 Å². The van der Waals surface area contributed by atoms with Crippen molar-refractivity contribution in [3.63, 3.8) is 0 Å². The molecule has 1 aliphatic rings. The molecule has 1 aliphatic heterocycles. The summed E-state index contributed by atoms with van der Waals surface area (Å²) in [4.78, 5) is 15.1. The van der Waals surface area contributed by atoms with Gasteiger partial charge in [-0.25, -0.2) is 0 Å². The van der Waals surface area contributed by atoms with Gasteiger partial charge in [0.05, 0.1) is 11.4 Å². The highest BCUT2D eigenvalue weighted by Gasteiger charge is 2.31. The van der Waals surface area contributed by atoms with E-state index in [4.69, 9.17) is 0 Å². The molecule has 0 saturated carbocycles. The third-order valence-corrected chi connectivity index (χ3v) is 5.15. The predicted octanol–water partition coefficient (Wildman–Crippen LogP) is 6.23. The lowest BCUT2D eigenvalue weighted by Gasteiger charge is -2.22. The van der Waals surface area contributed by atoms with Gasteiger partial charge in [0.1, 0.15) is 0 Å². The summed E-state index contributed by atoms with van der Waals surface area (Å²) in [5, 5.41) is 0. The second-order valence-electron chi connectivity index (χ2n) is 6.50. The van der Waals surface area contributed by atoms with Crippen molar-refractivity contribution in [2.75, 3.05) is 4.90 Å². The van der Waals surface area contributed by atoms with Crippen LogP contribution in [-0.4, -0.2) is 5.91 Å². The van der Waals surface area contributed by atoms with E-state index in [0.717, 1.165) is 32.5 Å². The van der Waals surface area contributed by atoms with Gasteiger partial charge < -0.3 is 0 Å². The number of carbonyl (C=O) groups excluding carboxylic acids is 1. The van der Waals surface area contributed by atoms with Crippen LogP contribution >= 0.6 is 15.9 Å². The number of benzene rings is 3. The summed E-state index contributed by atoms with van der Waals surface area (Å²) in [6.07, 6.45) is 3.91. The van der Waals surface area contributed by atoms with Crippen molar-refractivity contribution in [2.45, 2.75) is 6.92 Å². The molecule has 0 radical (unpaired) electrons. The van der Waals surface area contributed by atoms with Crippen LogP contribution in [0.25, 0.3) is 11.8 Å². The van der Waals surface area contributed by atoms with Gasteiger partial charge in [-0.1, -0.05) is 66.7 Å². The standard InChI is InChI=1S/C24H18BrNO/c1-17-12-13-22(21(25)14-17)26-23(19-10-6-3-7-11-19)16-20(24(26)27)15-18-8-4-2-5-9-18/h2-16H,1H3/b20-15-. The SMILES string of the molecule is Cc1ccc(N2C(=O)/C(=C\c3ccccc3)C=C2c2ccccc2)c(Br)c1. The normalized spacial score (nSPS) is 15.3. The molecule has 0 aliphatic carbocycles. The Morgan fingerprint density at radius 3 is 2.22 bits per heavy atom. The minimum atomic E-state index is -0.0257. The van der Waals surface area contributed by atoms with E-state index in [0.29, 0.717) is 5.57 Å². The van der Waals surface area contributed by atoms with Crippen LogP contribution in [0.15, 0.2) is 95.0 Å². The van der Waals surface area contributed by atoms with E-state index >= 15 is 0 Å². The Kier molecular flexibility index (Phi) is 4.78. The summed E-state index contributed by atoms with van der Waals surface area (Å²) in [5.74, 6) is -0.0257. The average Bonchev–Trinajstić information content (AvgIpc) is 3.00. The monoisotopic (exact) mass is 415 g/mol. The molecule has 1 heterocycles. The number of amides is 1. The Morgan fingerprint density at radius 1 is 0.889 bits per heavy atom. The van der Waals surface area contributed by atoms with Crippen LogP contribution in [0.5, 0.6) is 0 Å². The first-order valence-electron chi connectivity index (χ1n) is 8.78. The first-order valence-corrected chi connectivity index (χ1v) is 9.57. The van der Waals surface area contributed by atoms with Gasteiger partial charge in [0, 0.05) is 10.0 Å². The van der Waals surface area contributed by atoms with E-state index in [1.807, 2.05) is 97.9 Å². The molecular weight excluding hydrogens is 398 g/mol. The fourth-order valence-electron chi connectivity index (χ4n) is 3.20. The molecule has 0 saturated heterocycles. The number of hydrogen-bond acceptors (Lipinski definition) is 1. The lowest BCUT2D eigenvalue weighted by Crippen LogP contribution is -2.25. The lowest BCUT2D eigenvalue weighted by molar-refractivity contribution is -0.113. The number of rotatable bonds is 3. The second-order valence-corrected chi connectivity index (χ2v) is 7.36. The summed E-state index contributed by atoms with van der Waals surface area (Å²) in [6, 6.07) is 26.0. The van der Waals surface area contributed by atoms with Gasteiger partial charge in [-0.15, -0.1) is 0 Å². The molecule has 0 fully saturated rings. The van der Waals surface area contributed by atoms with Gasteiger partial charge in [0.25, 0.3) is 5.91 Å². The first kappa shape index (κ1) is 17.5. The molecule has 3 aromatic rings. The van der Waals surface area contributed by atoms with Gasteiger partial charge in [-0.05, 0) is 63.8 Å². The number of halogens is 1. The van der Waals surface area contributed by atoms with Crippen LogP contribution < -0.4 is 4.90 Å². The van der Waals surface area contributed by atoms with Crippen LogP contribution in [0.1, 0.15) is 16.7 Å². The van der Waals surface area contributed by atoms with Crippen molar-refractivity contribution < 1.29 is 4.79 Å². The molecule has 0 unspecified atom stereocenters. The summed E-state index contributed by atoms with van der Waals surface area (Å²) in [6.45, 7) is 2.04. The molecule has 0 aromatic heterocycles. The van der Waals surface area contributed by atoms with E-state index in [2.05, 4.69) is 15.9 Å². The van der Waals surface area contributed by atoms with Crippen molar-refractivity contribution in [1.82, 2.24) is 0 Å². The number of anilines is 1. The third-order valence-electron chi connectivity index (χ3n) is 4.52. The van der Waals surface area contributed by atoms with Crippen molar-refractivity contribution in [2.24, 2.45) is 0 Å². The maximum atomic E-state index is 13.3. The van der Waals surface area contributed by atoms with Crippen LogP contribution in [0.2, 0.25) is 0 Å². The van der Waals surface area contributed by atoms with E-state index in [1.54, 1.807) is 4.90 Å². The Hall–Kier alpha value is -2.91. The van der Waals surface area contributed by atoms with E-state index < -0.39 is 0 Å². The van der Waals surface area contributed by atoms with Gasteiger partial charge >= 0.3 is 0 Å². The smallest absolute Gasteiger partial charge is 0.262 e. The molecule has 0 N–H and O–H groups in total. The summed E-state index contributed by atoms with van der Waals surface area (Å²) in [7, 11) is 0. The zero-order valence-corrected chi connectivity index (χ0v) is 16.5. The van der Waals surface area contributed by atoms with Crippen LogP contribution in [0, 0.1) is 6.92 Å². The van der Waals surface area contributed by atoms with Crippen LogP contribution in [0.3, 0.4) is 0 Å². The quantitative estimate of drug-likeness (QED) is 0.464. The van der Waals surface area contributed by atoms with Crippen molar-refractivity contribution >= 4 is 39.3 Å². The minimum Gasteiger partial charge on any atom is -0.275 e. The Balaban J connectivity index is 1.85. The molecular formula is C24H18BrNO. The topological polar surface area (TPSA) is 20.3 Å². The average molecular weight is 416 g/mol. The van der Waals surface area contributed by atoms with Crippen molar-refractivity contribution in [3.8, 4) is 0 Å². The van der Waals surface area contributed by atoms with E-state index in [-0.39, 0.29) is 5.91 Å². The number of nitrogens with zero attached hydrogens (tertiary/aromatic N) is 1. The minimum absolute atomic E-state index is 0.0257. The van der Waals surface area contributed by atoms with Crippen molar-refractivity contribution in [3.05, 3.63) is 112 Å². The Bertz CT molecular complexity index is 1050. The molecule has 27 heavy (non-hydrogen) atoms. The number of aryl methyl sites for hydroxylation is 1.